The highest BCUT2D eigenvalue weighted by Gasteiger charge is 2.22. The smallest absolute Gasteiger partial charge is 0.230 e. The molecule has 0 radical (unpaired) electrons. The summed E-state index contributed by atoms with van der Waals surface area (Å²) in [4.78, 5) is 15.6. The van der Waals surface area contributed by atoms with Gasteiger partial charge in [-0.3, -0.25) is 0 Å². The lowest BCUT2D eigenvalue weighted by Gasteiger charge is -2.19. The van der Waals surface area contributed by atoms with Gasteiger partial charge in [0, 0.05) is 31.4 Å². The minimum Gasteiger partial charge on any atom is -0.367 e. The molecular formula is C18H23ClIN7. The van der Waals surface area contributed by atoms with Crippen LogP contribution in [0.2, 0.25) is 5.15 Å². The van der Waals surface area contributed by atoms with Gasteiger partial charge in [0.1, 0.15) is 11.6 Å². The maximum Gasteiger partial charge on any atom is 0.230 e. The van der Waals surface area contributed by atoms with Crippen molar-refractivity contribution < 1.29 is 0 Å². The summed E-state index contributed by atoms with van der Waals surface area (Å²) in [7, 11) is 0. The Kier molecular flexibility index (Phi) is 5.84. The Hall–Kier alpha value is -1.39. The molecule has 1 aliphatic carbocycles. The Morgan fingerprint density at radius 2 is 2.00 bits per heavy atom. The number of nitrogens with zero attached hydrogens (tertiary/aromatic N) is 4. The summed E-state index contributed by atoms with van der Waals surface area (Å²) >= 11 is 8.66. The fourth-order valence-electron chi connectivity index (χ4n) is 3.65. The molecule has 1 saturated carbocycles. The van der Waals surface area contributed by atoms with E-state index >= 15 is 0 Å². The molecule has 1 aliphatic heterocycles. The molecule has 0 aromatic carbocycles. The van der Waals surface area contributed by atoms with E-state index in [2.05, 4.69) is 53.1 Å². The first-order valence-corrected chi connectivity index (χ1v) is 10.8. The molecule has 27 heavy (non-hydrogen) atoms. The third kappa shape index (κ3) is 4.55. The molecule has 0 bridgehead atoms. The Bertz CT molecular complexity index is 812. The van der Waals surface area contributed by atoms with Crippen LogP contribution in [0.15, 0.2) is 18.3 Å². The Morgan fingerprint density at radius 3 is 2.70 bits per heavy atom. The topological polar surface area (TPSA) is 92.0 Å². The number of aromatic nitrogens is 3. The molecule has 7 nitrogen and oxygen atoms in total. The van der Waals surface area contributed by atoms with Crippen LogP contribution in [0.25, 0.3) is 0 Å². The second-order valence-corrected chi connectivity index (χ2v) is 8.66. The van der Waals surface area contributed by atoms with Crippen molar-refractivity contribution in [3.63, 3.8) is 0 Å². The van der Waals surface area contributed by atoms with E-state index in [9.17, 15) is 0 Å². The van der Waals surface area contributed by atoms with E-state index in [0.717, 1.165) is 34.6 Å². The van der Waals surface area contributed by atoms with Crippen LogP contribution in [-0.2, 0) is 0 Å². The number of hydrogen-bond donors (Lipinski definition) is 3. The summed E-state index contributed by atoms with van der Waals surface area (Å²) in [6.45, 7) is 1.72. The fourth-order valence-corrected chi connectivity index (χ4v) is 4.33. The number of hydrogen-bond acceptors (Lipinski definition) is 7. The van der Waals surface area contributed by atoms with Gasteiger partial charge in [0.15, 0.2) is 5.15 Å². The number of nitrogens with two attached hydrogens (primary N) is 1. The van der Waals surface area contributed by atoms with Gasteiger partial charge >= 0.3 is 0 Å². The van der Waals surface area contributed by atoms with E-state index in [1.54, 1.807) is 0 Å². The average molecular weight is 500 g/mol. The largest absolute Gasteiger partial charge is 0.367 e. The highest BCUT2D eigenvalue weighted by molar-refractivity contribution is 14.1. The van der Waals surface area contributed by atoms with Crippen molar-refractivity contribution in [3.8, 4) is 0 Å². The standard InChI is InChI=1S/C18H23ClIN7/c19-16-14(27-8-7-11(21)10-27)5-6-15(24-16)25-18-22-9-13(20)17(26-18)23-12-3-1-2-4-12/h5-6,9,11-12H,1-4,7-8,10,21H2,(H2,22,23,24,25,26). The van der Waals surface area contributed by atoms with Crippen LogP contribution in [0.1, 0.15) is 32.1 Å². The van der Waals surface area contributed by atoms with Crippen LogP contribution in [0.4, 0.5) is 23.3 Å². The van der Waals surface area contributed by atoms with Crippen LogP contribution < -0.4 is 21.3 Å². The SMILES string of the molecule is NC1CCN(c2ccc(Nc3ncc(I)c(NC4CCCC4)n3)nc2Cl)C1. The van der Waals surface area contributed by atoms with Crippen LogP contribution >= 0.6 is 34.2 Å². The first-order chi connectivity index (χ1) is 13.1. The molecule has 1 unspecified atom stereocenters. The average Bonchev–Trinajstić information content (AvgIpc) is 3.30. The lowest BCUT2D eigenvalue weighted by atomic mass is 10.2. The molecule has 2 fully saturated rings. The normalized spacial score (nSPS) is 20.3. The van der Waals surface area contributed by atoms with Crippen molar-refractivity contribution in [2.45, 2.75) is 44.2 Å². The Labute approximate surface area is 177 Å². The number of rotatable bonds is 5. The van der Waals surface area contributed by atoms with Crippen LogP contribution in [0.5, 0.6) is 0 Å². The van der Waals surface area contributed by atoms with Crippen LogP contribution in [0, 0.1) is 3.57 Å². The molecule has 1 saturated heterocycles. The molecule has 4 N–H and O–H groups in total. The number of halogens is 2. The summed E-state index contributed by atoms with van der Waals surface area (Å²) in [5.74, 6) is 2.00. The zero-order chi connectivity index (χ0) is 18.8. The highest BCUT2D eigenvalue weighted by atomic mass is 127. The summed E-state index contributed by atoms with van der Waals surface area (Å²) in [6, 6.07) is 4.57. The molecule has 3 heterocycles. The number of anilines is 4. The molecular weight excluding hydrogens is 477 g/mol. The van der Waals surface area contributed by atoms with Crippen molar-refractivity contribution in [2.24, 2.45) is 5.73 Å². The highest BCUT2D eigenvalue weighted by Crippen LogP contribution is 2.29. The lowest BCUT2D eigenvalue weighted by molar-refractivity contribution is 0.749. The predicted octanol–water partition coefficient (Wildman–Crippen LogP) is 3.77. The van der Waals surface area contributed by atoms with Crippen molar-refractivity contribution in [2.75, 3.05) is 28.6 Å². The quantitative estimate of drug-likeness (QED) is 0.426. The first-order valence-electron chi connectivity index (χ1n) is 9.31. The fraction of sp³-hybridized carbons (Fsp3) is 0.500. The second kappa shape index (κ2) is 8.32. The monoisotopic (exact) mass is 499 g/mol. The summed E-state index contributed by atoms with van der Waals surface area (Å²) in [5.41, 5.74) is 6.91. The third-order valence-corrected chi connectivity index (χ3v) is 6.14. The van der Waals surface area contributed by atoms with Crippen LogP contribution in [0.3, 0.4) is 0 Å². The van der Waals surface area contributed by atoms with Crippen LogP contribution in [-0.4, -0.2) is 40.1 Å². The van der Waals surface area contributed by atoms with Gasteiger partial charge in [-0.05, 0) is 54.0 Å². The van der Waals surface area contributed by atoms with Crippen molar-refractivity contribution in [1.29, 1.82) is 0 Å². The maximum atomic E-state index is 6.41. The second-order valence-electron chi connectivity index (χ2n) is 7.14. The summed E-state index contributed by atoms with van der Waals surface area (Å²) < 4.78 is 1.01. The molecule has 0 spiro atoms. The van der Waals surface area contributed by atoms with Gasteiger partial charge in [0.05, 0.1) is 9.26 Å². The van der Waals surface area contributed by atoms with Gasteiger partial charge in [0.2, 0.25) is 5.95 Å². The van der Waals surface area contributed by atoms with Gasteiger partial charge in [-0.25, -0.2) is 9.97 Å². The molecule has 2 aromatic rings. The molecule has 4 rings (SSSR count). The number of nitrogens with one attached hydrogen (secondary N) is 2. The summed E-state index contributed by atoms with van der Waals surface area (Å²) in [5, 5.41) is 7.15. The maximum absolute atomic E-state index is 6.41. The van der Waals surface area contributed by atoms with Gasteiger partial charge in [0.25, 0.3) is 0 Å². The molecule has 2 aliphatic rings. The summed E-state index contributed by atoms with van der Waals surface area (Å²) in [6.07, 6.45) is 7.74. The van der Waals surface area contributed by atoms with Gasteiger partial charge in [-0.2, -0.15) is 4.98 Å². The molecule has 2 aromatic heterocycles. The Morgan fingerprint density at radius 1 is 1.19 bits per heavy atom. The number of pyridine rings is 1. The van der Waals surface area contributed by atoms with E-state index in [0.29, 0.717) is 23.0 Å². The Balaban J connectivity index is 1.47. The zero-order valence-electron chi connectivity index (χ0n) is 15.0. The molecule has 144 valence electrons. The van der Waals surface area contributed by atoms with E-state index in [1.165, 1.54) is 25.7 Å². The zero-order valence-corrected chi connectivity index (χ0v) is 17.9. The first kappa shape index (κ1) is 18.9. The van der Waals surface area contributed by atoms with E-state index in [4.69, 9.17) is 17.3 Å². The minimum absolute atomic E-state index is 0.199. The predicted molar refractivity (Wildman–Crippen MR) is 118 cm³/mol. The van der Waals surface area contributed by atoms with Gasteiger partial charge in [-0.15, -0.1) is 0 Å². The third-order valence-electron chi connectivity index (χ3n) is 5.07. The van der Waals surface area contributed by atoms with Crippen molar-refractivity contribution in [1.82, 2.24) is 15.0 Å². The lowest BCUT2D eigenvalue weighted by Crippen LogP contribution is -2.26. The van der Waals surface area contributed by atoms with Crippen molar-refractivity contribution in [3.05, 3.63) is 27.1 Å². The van der Waals surface area contributed by atoms with Gasteiger partial charge in [-0.1, -0.05) is 24.4 Å². The van der Waals surface area contributed by atoms with Gasteiger partial charge < -0.3 is 21.3 Å². The molecule has 0 amide bonds. The van der Waals surface area contributed by atoms with Crippen molar-refractivity contribution >= 4 is 57.5 Å². The van der Waals surface area contributed by atoms with E-state index < -0.39 is 0 Å². The molecule has 9 heteroatoms. The van der Waals surface area contributed by atoms with E-state index in [-0.39, 0.29) is 6.04 Å². The van der Waals surface area contributed by atoms with E-state index in [1.807, 2.05) is 18.3 Å². The molecule has 1 atom stereocenters. The minimum atomic E-state index is 0.199.